The fourth-order valence-corrected chi connectivity index (χ4v) is 3.58. The van der Waals surface area contributed by atoms with E-state index in [-0.39, 0.29) is 17.3 Å². The molecule has 0 unspecified atom stereocenters. The van der Waals surface area contributed by atoms with Crippen LogP contribution >= 0.6 is 11.8 Å². The highest BCUT2D eigenvalue weighted by molar-refractivity contribution is 7.99. The minimum Gasteiger partial charge on any atom is -0.477 e. The Morgan fingerprint density at radius 1 is 1.04 bits per heavy atom. The fraction of sp³-hybridized carbons (Fsp3) is 0.263. The van der Waals surface area contributed by atoms with E-state index in [1.807, 2.05) is 16.7 Å². The number of rotatable bonds is 5. The summed E-state index contributed by atoms with van der Waals surface area (Å²) in [5.41, 5.74) is 1.26. The van der Waals surface area contributed by atoms with Crippen LogP contribution in [-0.4, -0.2) is 57.4 Å². The molecule has 1 aliphatic rings. The van der Waals surface area contributed by atoms with Crippen LogP contribution in [0.4, 0.5) is 5.69 Å². The molecule has 7 nitrogen and oxygen atoms in total. The second-order valence-corrected chi connectivity index (χ2v) is 7.26. The van der Waals surface area contributed by atoms with Crippen molar-refractivity contribution in [2.24, 2.45) is 0 Å². The van der Waals surface area contributed by atoms with Crippen LogP contribution in [0.25, 0.3) is 0 Å². The average molecular weight is 385 g/mol. The van der Waals surface area contributed by atoms with Gasteiger partial charge >= 0.3 is 5.97 Å². The minimum atomic E-state index is -1.19. The SMILES string of the molecule is O=C(O)c1cccc(C(=O)Nc2ccc(CC(=O)N3CCSCC3)cc2)n1. The highest BCUT2D eigenvalue weighted by Gasteiger charge is 2.17. The van der Waals surface area contributed by atoms with E-state index < -0.39 is 11.9 Å². The summed E-state index contributed by atoms with van der Waals surface area (Å²) in [5.74, 6) is 0.391. The number of hydrogen-bond donors (Lipinski definition) is 2. The monoisotopic (exact) mass is 385 g/mol. The number of benzene rings is 1. The van der Waals surface area contributed by atoms with E-state index in [1.165, 1.54) is 18.2 Å². The Labute approximate surface area is 160 Å². The van der Waals surface area contributed by atoms with Crippen molar-refractivity contribution in [2.75, 3.05) is 29.9 Å². The van der Waals surface area contributed by atoms with Crippen molar-refractivity contribution in [2.45, 2.75) is 6.42 Å². The number of anilines is 1. The van der Waals surface area contributed by atoms with Gasteiger partial charge in [0.05, 0.1) is 6.42 Å². The molecular formula is C19H19N3O4S. The number of pyridine rings is 1. The Morgan fingerprint density at radius 3 is 2.37 bits per heavy atom. The number of carbonyl (C=O) groups is 3. The maximum absolute atomic E-state index is 12.3. The number of aromatic carboxylic acids is 1. The lowest BCUT2D eigenvalue weighted by molar-refractivity contribution is -0.130. The topological polar surface area (TPSA) is 99.6 Å². The van der Waals surface area contributed by atoms with E-state index in [0.717, 1.165) is 30.2 Å². The number of amides is 2. The first kappa shape index (κ1) is 18.9. The summed E-state index contributed by atoms with van der Waals surface area (Å²) >= 11 is 1.86. The third-order valence-corrected chi connectivity index (χ3v) is 5.07. The van der Waals surface area contributed by atoms with E-state index >= 15 is 0 Å². The summed E-state index contributed by atoms with van der Waals surface area (Å²) < 4.78 is 0. The molecular weight excluding hydrogens is 366 g/mol. The largest absolute Gasteiger partial charge is 0.477 e. The molecule has 0 aliphatic carbocycles. The zero-order valence-corrected chi connectivity index (χ0v) is 15.4. The van der Waals surface area contributed by atoms with Crippen molar-refractivity contribution in [3.05, 3.63) is 59.4 Å². The number of thioether (sulfide) groups is 1. The van der Waals surface area contributed by atoms with Gasteiger partial charge in [0, 0.05) is 30.3 Å². The van der Waals surface area contributed by atoms with Crippen LogP contribution in [0.2, 0.25) is 0 Å². The van der Waals surface area contributed by atoms with Crippen molar-refractivity contribution in [3.8, 4) is 0 Å². The molecule has 2 heterocycles. The Bertz CT molecular complexity index is 848. The number of nitrogens with one attached hydrogen (secondary N) is 1. The highest BCUT2D eigenvalue weighted by Crippen LogP contribution is 2.14. The van der Waals surface area contributed by atoms with E-state index in [9.17, 15) is 14.4 Å². The molecule has 1 aromatic heterocycles. The summed E-state index contributed by atoms with van der Waals surface area (Å²) in [6.07, 6.45) is 0.334. The lowest BCUT2D eigenvalue weighted by atomic mass is 10.1. The summed E-state index contributed by atoms with van der Waals surface area (Å²) in [4.78, 5) is 41.2. The number of aromatic nitrogens is 1. The first-order valence-electron chi connectivity index (χ1n) is 8.49. The number of hydrogen-bond acceptors (Lipinski definition) is 5. The second-order valence-electron chi connectivity index (χ2n) is 6.03. The summed E-state index contributed by atoms with van der Waals surface area (Å²) in [5, 5.41) is 11.6. The average Bonchev–Trinajstić information content (AvgIpc) is 2.70. The molecule has 8 heteroatoms. The van der Waals surface area contributed by atoms with Gasteiger partial charge in [0.25, 0.3) is 5.91 Å². The molecule has 140 valence electrons. The van der Waals surface area contributed by atoms with Crippen molar-refractivity contribution in [1.29, 1.82) is 0 Å². The van der Waals surface area contributed by atoms with Gasteiger partial charge in [-0.3, -0.25) is 9.59 Å². The quantitative estimate of drug-likeness (QED) is 0.818. The zero-order chi connectivity index (χ0) is 19.2. The number of carboxylic acid groups (broad SMARTS) is 1. The van der Waals surface area contributed by atoms with Gasteiger partial charge in [0.2, 0.25) is 5.91 Å². The predicted octanol–water partition coefficient (Wildman–Crippen LogP) is 2.15. The van der Waals surface area contributed by atoms with Gasteiger partial charge in [-0.1, -0.05) is 18.2 Å². The Balaban J connectivity index is 1.60. The molecule has 2 N–H and O–H groups in total. The van der Waals surface area contributed by atoms with Crippen LogP contribution in [0.1, 0.15) is 26.5 Å². The Kier molecular flexibility index (Phi) is 6.08. The third kappa shape index (κ3) is 5.07. The molecule has 0 radical (unpaired) electrons. The maximum Gasteiger partial charge on any atom is 0.354 e. The smallest absolute Gasteiger partial charge is 0.354 e. The van der Waals surface area contributed by atoms with Gasteiger partial charge in [0.1, 0.15) is 11.4 Å². The second kappa shape index (κ2) is 8.68. The van der Waals surface area contributed by atoms with Gasteiger partial charge in [-0.25, -0.2) is 9.78 Å². The van der Waals surface area contributed by atoms with Gasteiger partial charge in [-0.2, -0.15) is 11.8 Å². The van der Waals surface area contributed by atoms with Crippen LogP contribution in [0.3, 0.4) is 0 Å². The van der Waals surface area contributed by atoms with E-state index in [0.29, 0.717) is 12.1 Å². The van der Waals surface area contributed by atoms with Crippen molar-refractivity contribution in [3.63, 3.8) is 0 Å². The van der Waals surface area contributed by atoms with Gasteiger partial charge in [-0.05, 0) is 29.8 Å². The standard InChI is InChI=1S/C19H19N3O4S/c23-17(22-8-10-27-11-9-22)12-13-4-6-14(7-5-13)20-18(24)15-2-1-3-16(21-15)19(25)26/h1-7H,8-12H2,(H,20,24)(H,25,26). The van der Waals surface area contributed by atoms with E-state index in [1.54, 1.807) is 24.3 Å². The Morgan fingerprint density at radius 2 is 1.70 bits per heavy atom. The summed E-state index contributed by atoms with van der Waals surface area (Å²) in [6, 6.07) is 11.3. The molecule has 2 aromatic rings. The molecule has 1 aromatic carbocycles. The van der Waals surface area contributed by atoms with Crippen molar-refractivity contribution >= 4 is 35.2 Å². The Hall–Kier alpha value is -2.87. The first-order chi connectivity index (χ1) is 13.0. The van der Waals surface area contributed by atoms with Gasteiger partial charge in [0.15, 0.2) is 0 Å². The molecule has 1 fully saturated rings. The molecule has 3 rings (SSSR count). The van der Waals surface area contributed by atoms with Crippen molar-refractivity contribution in [1.82, 2.24) is 9.88 Å². The molecule has 1 aliphatic heterocycles. The molecule has 0 saturated carbocycles. The molecule has 2 amide bonds. The number of nitrogens with zero attached hydrogens (tertiary/aromatic N) is 2. The summed E-state index contributed by atoms with van der Waals surface area (Å²) in [7, 11) is 0. The van der Waals surface area contributed by atoms with Crippen LogP contribution in [-0.2, 0) is 11.2 Å². The van der Waals surface area contributed by atoms with Crippen LogP contribution < -0.4 is 5.32 Å². The van der Waals surface area contributed by atoms with E-state index in [2.05, 4.69) is 10.3 Å². The zero-order valence-electron chi connectivity index (χ0n) is 14.6. The van der Waals surface area contributed by atoms with Crippen molar-refractivity contribution < 1.29 is 19.5 Å². The molecule has 0 bridgehead atoms. The molecule has 1 saturated heterocycles. The lowest BCUT2D eigenvalue weighted by Crippen LogP contribution is -2.38. The predicted molar refractivity (Wildman–Crippen MR) is 103 cm³/mol. The molecule has 0 spiro atoms. The number of carboxylic acids is 1. The van der Waals surface area contributed by atoms with E-state index in [4.69, 9.17) is 5.11 Å². The first-order valence-corrected chi connectivity index (χ1v) is 9.64. The fourth-order valence-electron chi connectivity index (χ4n) is 2.68. The molecule has 0 atom stereocenters. The third-order valence-electron chi connectivity index (χ3n) is 4.13. The normalized spacial score (nSPS) is 13.9. The number of carbonyl (C=O) groups excluding carboxylic acids is 2. The lowest BCUT2D eigenvalue weighted by Gasteiger charge is -2.26. The van der Waals surface area contributed by atoms with Crippen LogP contribution in [0.15, 0.2) is 42.5 Å². The van der Waals surface area contributed by atoms with Gasteiger partial charge in [-0.15, -0.1) is 0 Å². The maximum atomic E-state index is 12.3. The van der Waals surface area contributed by atoms with Gasteiger partial charge < -0.3 is 15.3 Å². The minimum absolute atomic E-state index is 0.0251. The van der Waals surface area contributed by atoms with Crippen LogP contribution in [0.5, 0.6) is 0 Å². The summed E-state index contributed by atoms with van der Waals surface area (Å²) in [6.45, 7) is 1.58. The van der Waals surface area contributed by atoms with Crippen LogP contribution in [0, 0.1) is 0 Å². The highest BCUT2D eigenvalue weighted by atomic mass is 32.2. The molecule has 27 heavy (non-hydrogen) atoms.